The van der Waals surface area contributed by atoms with Gasteiger partial charge in [-0.15, -0.1) is 11.3 Å². The summed E-state index contributed by atoms with van der Waals surface area (Å²) < 4.78 is 5.13. The number of amides is 1. The second-order valence-corrected chi connectivity index (χ2v) is 7.24. The Balaban J connectivity index is 1.40. The Hall–Kier alpha value is -3.64. The van der Waals surface area contributed by atoms with Crippen LogP contribution in [0, 0.1) is 0 Å². The highest BCUT2D eigenvalue weighted by molar-refractivity contribution is 7.14. The Bertz CT molecular complexity index is 1090. The third kappa shape index (κ3) is 4.62. The summed E-state index contributed by atoms with van der Waals surface area (Å²) in [6.07, 6.45) is 3.61. The van der Waals surface area contributed by atoms with Gasteiger partial charge in [-0.1, -0.05) is 6.07 Å². The van der Waals surface area contributed by atoms with Crippen molar-refractivity contribution in [2.45, 2.75) is 0 Å². The largest absolute Gasteiger partial charge is 0.497 e. The van der Waals surface area contributed by atoms with E-state index in [-0.39, 0.29) is 5.91 Å². The topological polar surface area (TPSA) is 63.2 Å². The minimum atomic E-state index is -0.156. The number of pyridine rings is 1. The van der Waals surface area contributed by atoms with Gasteiger partial charge in [0.2, 0.25) is 0 Å². The van der Waals surface area contributed by atoms with Gasteiger partial charge in [-0.3, -0.25) is 9.78 Å². The van der Waals surface area contributed by atoms with Crippen molar-refractivity contribution in [2.24, 2.45) is 0 Å². The van der Waals surface area contributed by atoms with E-state index in [1.807, 2.05) is 54.7 Å². The van der Waals surface area contributed by atoms with Crippen molar-refractivity contribution in [3.05, 3.63) is 90.1 Å². The van der Waals surface area contributed by atoms with Crippen molar-refractivity contribution >= 4 is 33.6 Å². The van der Waals surface area contributed by atoms with E-state index in [2.05, 4.69) is 27.1 Å². The second kappa shape index (κ2) is 8.58. The molecule has 2 aromatic carbocycles. The number of hydrogen-bond donors (Lipinski definition) is 2. The monoisotopic (exact) mass is 401 g/mol. The van der Waals surface area contributed by atoms with Gasteiger partial charge in [0.1, 0.15) is 5.75 Å². The first-order valence-electron chi connectivity index (χ1n) is 9.03. The summed E-state index contributed by atoms with van der Waals surface area (Å²) in [5.41, 5.74) is 4.45. The van der Waals surface area contributed by atoms with Gasteiger partial charge in [0, 0.05) is 40.3 Å². The molecule has 0 saturated carbocycles. The summed E-state index contributed by atoms with van der Waals surface area (Å²) in [6.45, 7) is 0. The Kier molecular flexibility index (Phi) is 5.54. The smallest absolute Gasteiger partial charge is 0.255 e. The van der Waals surface area contributed by atoms with Crippen molar-refractivity contribution in [1.82, 2.24) is 4.98 Å². The average molecular weight is 401 g/mol. The lowest BCUT2D eigenvalue weighted by Gasteiger charge is -2.08. The number of rotatable bonds is 6. The van der Waals surface area contributed by atoms with Crippen LogP contribution in [0.15, 0.2) is 84.5 Å². The minimum Gasteiger partial charge on any atom is -0.497 e. The highest BCUT2D eigenvalue weighted by Gasteiger charge is 2.07. The molecule has 0 fully saturated rings. The van der Waals surface area contributed by atoms with Gasteiger partial charge in [-0.25, -0.2) is 0 Å². The fourth-order valence-electron chi connectivity index (χ4n) is 2.81. The van der Waals surface area contributed by atoms with Crippen LogP contribution in [0.1, 0.15) is 10.4 Å². The number of ether oxygens (including phenoxy) is 1. The van der Waals surface area contributed by atoms with E-state index in [0.717, 1.165) is 33.3 Å². The van der Waals surface area contributed by atoms with Crippen molar-refractivity contribution in [3.8, 4) is 16.9 Å². The third-order valence-electron chi connectivity index (χ3n) is 4.36. The molecule has 1 amide bonds. The van der Waals surface area contributed by atoms with Crippen LogP contribution in [-0.4, -0.2) is 18.0 Å². The molecule has 0 unspecified atom stereocenters. The van der Waals surface area contributed by atoms with Crippen molar-refractivity contribution in [3.63, 3.8) is 0 Å². The Morgan fingerprint density at radius 3 is 2.41 bits per heavy atom. The van der Waals surface area contributed by atoms with Gasteiger partial charge < -0.3 is 15.4 Å². The van der Waals surface area contributed by atoms with Crippen molar-refractivity contribution in [1.29, 1.82) is 0 Å². The first-order valence-corrected chi connectivity index (χ1v) is 9.91. The lowest BCUT2D eigenvalue weighted by Crippen LogP contribution is -2.11. The normalized spacial score (nSPS) is 10.4. The van der Waals surface area contributed by atoms with E-state index < -0.39 is 0 Å². The summed E-state index contributed by atoms with van der Waals surface area (Å²) in [5, 5.41) is 9.38. The van der Waals surface area contributed by atoms with Crippen LogP contribution in [0.25, 0.3) is 11.1 Å². The average Bonchev–Trinajstić information content (AvgIpc) is 3.24. The van der Waals surface area contributed by atoms with E-state index >= 15 is 0 Å². The molecule has 0 aliphatic carbocycles. The predicted octanol–water partition coefficient (Wildman–Crippen LogP) is 5.81. The lowest BCUT2D eigenvalue weighted by atomic mass is 10.1. The van der Waals surface area contributed by atoms with E-state index in [9.17, 15) is 4.79 Å². The van der Waals surface area contributed by atoms with Crippen molar-refractivity contribution in [2.75, 3.05) is 17.7 Å². The fraction of sp³-hybridized carbons (Fsp3) is 0.0435. The number of anilines is 3. The molecular weight excluding hydrogens is 382 g/mol. The maximum Gasteiger partial charge on any atom is 0.255 e. The quantitative estimate of drug-likeness (QED) is 0.428. The molecule has 0 radical (unpaired) electrons. The molecule has 144 valence electrons. The minimum absolute atomic E-state index is 0.156. The summed E-state index contributed by atoms with van der Waals surface area (Å²) in [6, 6.07) is 20.7. The summed E-state index contributed by atoms with van der Waals surface area (Å²) in [4.78, 5) is 16.6. The van der Waals surface area contributed by atoms with Crippen molar-refractivity contribution < 1.29 is 9.53 Å². The summed E-state index contributed by atoms with van der Waals surface area (Å²) in [5.74, 6) is 0.593. The molecular formula is C23H19N3O2S. The molecule has 2 heterocycles. The molecule has 0 saturated heterocycles. The second-order valence-electron chi connectivity index (χ2n) is 6.33. The van der Waals surface area contributed by atoms with Gasteiger partial charge in [0.05, 0.1) is 12.1 Å². The Morgan fingerprint density at radius 2 is 1.72 bits per heavy atom. The number of carbonyl (C=O) groups excluding carboxylic acids is 1. The standard InChI is InChI=1S/C23H19N3O2S/c1-28-21-10-8-20(9-11-21)26-23(27)16-4-6-19(7-5-16)25-22-13-18(15-29-22)17-3-2-12-24-14-17/h2-15,25H,1H3,(H,26,27). The van der Waals surface area contributed by atoms with Gasteiger partial charge in [0.15, 0.2) is 0 Å². The zero-order valence-electron chi connectivity index (χ0n) is 15.8. The zero-order chi connectivity index (χ0) is 20.1. The summed E-state index contributed by atoms with van der Waals surface area (Å²) in [7, 11) is 1.61. The molecule has 5 nitrogen and oxygen atoms in total. The van der Waals surface area contributed by atoms with Gasteiger partial charge in [-0.2, -0.15) is 0 Å². The van der Waals surface area contributed by atoms with Crippen LogP contribution in [-0.2, 0) is 0 Å². The maximum atomic E-state index is 12.4. The highest BCUT2D eigenvalue weighted by Crippen LogP contribution is 2.30. The Morgan fingerprint density at radius 1 is 0.966 bits per heavy atom. The maximum absolute atomic E-state index is 12.4. The Labute approximate surface area is 173 Å². The third-order valence-corrected chi connectivity index (χ3v) is 5.20. The molecule has 4 rings (SSSR count). The molecule has 0 atom stereocenters. The fourth-order valence-corrected chi connectivity index (χ4v) is 3.64. The molecule has 0 spiro atoms. The molecule has 29 heavy (non-hydrogen) atoms. The van der Waals surface area contributed by atoms with Crippen LogP contribution in [0.5, 0.6) is 5.75 Å². The number of nitrogens with zero attached hydrogens (tertiary/aromatic N) is 1. The van der Waals surface area contributed by atoms with Crippen LogP contribution in [0.3, 0.4) is 0 Å². The number of nitrogens with one attached hydrogen (secondary N) is 2. The van der Waals surface area contributed by atoms with E-state index in [1.54, 1.807) is 36.8 Å². The van der Waals surface area contributed by atoms with Crippen LogP contribution >= 0.6 is 11.3 Å². The SMILES string of the molecule is COc1ccc(NC(=O)c2ccc(Nc3cc(-c4cccnc4)cs3)cc2)cc1. The molecule has 2 aromatic heterocycles. The van der Waals surface area contributed by atoms with Crippen LogP contribution < -0.4 is 15.4 Å². The molecule has 2 N–H and O–H groups in total. The number of thiophene rings is 1. The van der Waals surface area contributed by atoms with Crippen LogP contribution in [0.2, 0.25) is 0 Å². The molecule has 4 aromatic rings. The number of benzene rings is 2. The number of methoxy groups -OCH3 is 1. The molecule has 0 aliphatic rings. The first-order chi connectivity index (χ1) is 14.2. The van der Waals surface area contributed by atoms with E-state index in [0.29, 0.717) is 5.56 Å². The lowest BCUT2D eigenvalue weighted by molar-refractivity contribution is 0.102. The zero-order valence-corrected chi connectivity index (χ0v) is 16.6. The molecule has 0 aliphatic heterocycles. The summed E-state index contributed by atoms with van der Waals surface area (Å²) >= 11 is 1.63. The first kappa shape index (κ1) is 18.7. The molecule has 6 heteroatoms. The van der Waals surface area contributed by atoms with Gasteiger partial charge in [0.25, 0.3) is 5.91 Å². The predicted molar refractivity (Wildman–Crippen MR) is 118 cm³/mol. The van der Waals surface area contributed by atoms with E-state index in [1.165, 1.54) is 0 Å². The number of aromatic nitrogens is 1. The van der Waals surface area contributed by atoms with Crippen LogP contribution in [0.4, 0.5) is 16.4 Å². The highest BCUT2D eigenvalue weighted by atomic mass is 32.1. The van der Waals surface area contributed by atoms with E-state index in [4.69, 9.17) is 4.74 Å². The molecule has 0 bridgehead atoms. The number of carbonyl (C=O) groups is 1. The number of hydrogen-bond acceptors (Lipinski definition) is 5. The van der Waals surface area contributed by atoms with Gasteiger partial charge >= 0.3 is 0 Å². The van der Waals surface area contributed by atoms with Gasteiger partial charge in [-0.05, 0) is 66.2 Å².